The maximum atomic E-state index is 14.3. The van der Waals surface area contributed by atoms with Crippen LogP contribution in [-0.2, 0) is 5.54 Å². The fourth-order valence-electron chi connectivity index (χ4n) is 3.80. The van der Waals surface area contributed by atoms with Crippen molar-refractivity contribution in [2.24, 2.45) is 5.73 Å². The first-order valence-corrected chi connectivity index (χ1v) is 10.0. The topological polar surface area (TPSA) is 99.6 Å². The summed E-state index contributed by atoms with van der Waals surface area (Å²) < 4.78 is 16.1. The van der Waals surface area contributed by atoms with Gasteiger partial charge in [0.2, 0.25) is 0 Å². The number of nitrogens with zero attached hydrogens (tertiary/aromatic N) is 5. The minimum Gasteiger partial charge on any atom is -0.366 e. The minimum atomic E-state index is -0.813. The Hall–Kier alpha value is -4.20. The summed E-state index contributed by atoms with van der Waals surface area (Å²) in [6.07, 6.45) is 1.77. The lowest BCUT2D eigenvalue weighted by molar-refractivity contribution is 0.0996. The van der Waals surface area contributed by atoms with Gasteiger partial charge < -0.3 is 5.73 Å². The van der Waals surface area contributed by atoms with Gasteiger partial charge in [0, 0.05) is 17.1 Å². The molecule has 158 valence electrons. The monoisotopic (exact) mass is 426 g/mol. The SMILES string of the molecule is CC(C)(c1ccc2ncccc2c1)n1nnc2ccc(-c3ccc(C(N)=O)c(F)c3)nc21. The van der Waals surface area contributed by atoms with Crippen LogP contribution in [0, 0.1) is 5.82 Å². The third kappa shape index (κ3) is 3.17. The Balaban J connectivity index is 1.61. The van der Waals surface area contributed by atoms with E-state index in [1.54, 1.807) is 29.1 Å². The summed E-state index contributed by atoms with van der Waals surface area (Å²) in [7, 11) is 0. The number of aromatic nitrogens is 5. The molecule has 0 aliphatic heterocycles. The van der Waals surface area contributed by atoms with Crippen molar-refractivity contribution >= 4 is 28.0 Å². The van der Waals surface area contributed by atoms with Gasteiger partial charge in [-0.15, -0.1) is 5.10 Å². The van der Waals surface area contributed by atoms with Gasteiger partial charge in [0.1, 0.15) is 11.3 Å². The van der Waals surface area contributed by atoms with E-state index in [0.29, 0.717) is 22.4 Å². The van der Waals surface area contributed by atoms with Crippen LogP contribution < -0.4 is 5.73 Å². The molecule has 0 aliphatic rings. The largest absolute Gasteiger partial charge is 0.366 e. The van der Waals surface area contributed by atoms with Gasteiger partial charge in [0.25, 0.3) is 5.91 Å². The molecule has 7 nitrogen and oxygen atoms in total. The predicted molar refractivity (Wildman–Crippen MR) is 119 cm³/mol. The lowest BCUT2D eigenvalue weighted by Gasteiger charge is -2.26. The van der Waals surface area contributed by atoms with Gasteiger partial charge in [-0.3, -0.25) is 9.78 Å². The number of fused-ring (bicyclic) bond motifs is 2. The van der Waals surface area contributed by atoms with Crippen LogP contribution >= 0.6 is 0 Å². The van der Waals surface area contributed by atoms with Crippen molar-refractivity contribution in [1.82, 2.24) is 25.0 Å². The zero-order valence-corrected chi connectivity index (χ0v) is 17.5. The van der Waals surface area contributed by atoms with Gasteiger partial charge in [0.05, 0.1) is 22.3 Å². The molecule has 3 heterocycles. The standard InChI is InChI=1S/C24H19FN6O/c1-24(2,16-6-8-19-14(12-16)4-3-11-27-19)31-23-21(29-30-31)10-9-20(28-23)15-5-7-17(22(26)32)18(25)13-15/h3-13H,1-2H3,(H2,26,32). The molecule has 8 heteroatoms. The summed E-state index contributed by atoms with van der Waals surface area (Å²) in [5.41, 5.74) is 8.67. The second-order valence-electron chi connectivity index (χ2n) is 8.07. The summed E-state index contributed by atoms with van der Waals surface area (Å²) in [6, 6.07) is 17.8. The van der Waals surface area contributed by atoms with Crippen molar-refractivity contribution in [2.75, 3.05) is 0 Å². The minimum absolute atomic E-state index is 0.159. The van der Waals surface area contributed by atoms with E-state index in [0.717, 1.165) is 16.5 Å². The molecule has 5 rings (SSSR count). The zero-order valence-electron chi connectivity index (χ0n) is 17.5. The van der Waals surface area contributed by atoms with Crippen LogP contribution in [0.25, 0.3) is 33.3 Å². The Morgan fingerprint density at radius 2 is 1.84 bits per heavy atom. The molecule has 0 saturated heterocycles. The molecule has 5 aromatic rings. The summed E-state index contributed by atoms with van der Waals surface area (Å²) in [5, 5.41) is 9.66. The number of carbonyl (C=O) groups excluding carboxylic acids is 1. The van der Waals surface area contributed by atoms with Gasteiger partial charge in [-0.05, 0) is 61.9 Å². The molecular weight excluding hydrogens is 407 g/mol. The van der Waals surface area contributed by atoms with Crippen molar-refractivity contribution in [3.8, 4) is 11.3 Å². The molecule has 0 unspecified atom stereocenters. The lowest BCUT2D eigenvalue weighted by atomic mass is 9.93. The van der Waals surface area contributed by atoms with Crippen molar-refractivity contribution < 1.29 is 9.18 Å². The van der Waals surface area contributed by atoms with Gasteiger partial charge >= 0.3 is 0 Å². The Morgan fingerprint density at radius 3 is 2.62 bits per heavy atom. The molecule has 2 aromatic carbocycles. The fourth-order valence-corrected chi connectivity index (χ4v) is 3.80. The van der Waals surface area contributed by atoms with Gasteiger partial charge in [0.15, 0.2) is 5.65 Å². The average molecular weight is 426 g/mol. The number of nitrogens with two attached hydrogens (primary N) is 1. The third-order valence-electron chi connectivity index (χ3n) is 5.67. The highest BCUT2D eigenvalue weighted by atomic mass is 19.1. The number of rotatable bonds is 4. The van der Waals surface area contributed by atoms with E-state index < -0.39 is 17.3 Å². The number of amides is 1. The molecular formula is C24H19FN6O. The number of primary amides is 1. The number of hydrogen-bond acceptors (Lipinski definition) is 5. The van der Waals surface area contributed by atoms with Crippen molar-refractivity contribution in [3.63, 3.8) is 0 Å². The zero-order chi connectivity index (χ0) is 22.5. The molecule has 0 aliphatic carbocycles. The highest BCUT2D eigenvalue weighted by Gasteiger charge is 2.27. The number of hydrogen-bond donors (Lipinski definition) is 1. The van der Waals surface area contributed by atoms with E-state index in [9.17, 15) is 9.18 Å². The quantitative estimate of drug-likeness (QED) is 0.467. The molecule has 0 spiro atoms. The van der Waals surface area contributed by atoms with E-state index in [1.807, 2.05) is 38.1 Å². The molecule has 1 amide bonds. The van der Waals surface area contributed by atoms with Crippen LogP contribution in [-0.4, -0.2) is 30.9 Å². The first-order chi connectivity index (χ1) is 15.3. The van der Waals surface area contributed by atoms with Gasteiger partial charge in [-0.2, -0.15) is 0 Å². The molecule has 0 atom stereocenters. The van der Waals surface area contributed by atoms with E-state index in [4.69, 9.17) is 10.7 Å². The number of carbonyl (C=O) groups is 1. The summed E-state index contributed by atoms with van der Waals surface area (Å²) in [6.45, 7) is 4.07. The maximum Gasteiger partial charge on any atom is 0.251 e. The van der Waals surface area contributed by atoms with E-state index in [-0.39, 0.29) is 5.56 Å². The second-order valence-corrected chi connectivity index (χ2v) is 8.07. The van der Waals surface area contributed by atoms with Crippen molar-refractivity contribution in [2.45, 2.75) is 19.4 Å². The highest BCUT2D eigenvalue weighted by Crippen LogP contribution is 2.30. The number of benzene rings is 2. The van der Waals surface area contributed by atoms with Crippen LogP contribution in [0.1, 0.15) is 29.8 Å². The average Bonchev–Trinajstić information content (AvgIpc) is 3.22. The molecule has 2 N–H and O–H groups in total. The molecule has 0 fully saturated rings. The van der Waals surface area contributed by atoms with Crippen molar-refractivity contribution in [3.05, 3.63) is 83.8 Å². The fraction of sp³-hybridized carbons (Fsp3) is 0.125. The number of halogens is 1. The smallest absolute Gasteiger partial charge is 0.251 e. The van der Waals surface area contributed by atoms with E-state index in [2.05, 4.69) is 21.4 Å². The molecule has 0 saturated carbocycles. The van der Waals surface area contributed by atoms with Gasteiger partial charge in [-0.1, -0.05) is 23.4 Å². The Morgan fingerprint density at radius 1 is 1.03 bits per heavy atom. The molecule has 3 aromatic heterocycles. The Labute approximate surface area is 182 Å². The lowest BCUT2D eigenvalue weighted by Crippen LogP contribution is -2.29. The van der Waals surface area contributed by atoms with Crippen molar-refractivity contribution in [1.29, 1.82) is 0 Å². The van der Waals surface area contributed by atoms with Gasteiger partial charge in [-0.25, -0.2) is 14.1 Å². The van der Waals surface area contributed by atoms with E-state index >= 15 is 0 Å². The normalized spacial score (nSPS) is 11.8. The molecule has 0 bridgehead atoms. The highest BCUT2D eigenvalue weighted by molar-refractivity contribution is 5.93. The number of pyridine rings is 2. The molecule has 32 heavy (non-hydrogen) atoms. The van der Waals surface area contributed by atoms with Crippen LogP contribution in [0.15, 0.2) is 66.9 Å². The van der Waals surface area contributed by atoms with E-state index in [1.165, 1.54) is 12.1 Å². The first-order valence-electron chi connectivity index (χ1n) is 10.0. The third-order valence-corrected chi connectivity index (χ3v) is 5.67. The van der Waals surface area contributed by atoms with Crippen LogP contribution in [0.5, 0.6) is 0 Å². The van der Waals surface area contributed by atoms with Crippen LogP contribution in [0.4, 0.5) is 4.39 Å². The predicted octanol–water partition coefficient (Wildman–Crippen LogP) is 4.06. The van der Waals surface area contributed by atoms with Crippen LogP contribution in [0.2, 0.25) is 0 Å². The molecule has 0 radical (unpaired) electrons. The maximum absolute atomic E-state index is 14.3. The summed E-state index contributed by atoms with van der Waals surface area (Å²) >= 11 is 0. The van der Waals surface area contributed by atoms with Crippen LogP contribution in [0.3, 0.4) is 0 Å². The summed E-state index contributed by atoms with van der Waals surface area (Å²) in [5.74, 6) is -1.50. The Kier molecular flexibility index (Phi) is 4.44. The summed E-state index contributed by atoms with van der Waals surface area (Å²) in [4.78, 5) is 20.4. The first kappa shape index (κ1) is 19.7. The Bertz CT molecular complexity index is 1510. The second kappa shape index (κ2) is 7.19.